The molecule has 0 amide bonds. The second kappa shape index (κ2) is 9.65. The predicted octanol–water partition coefficient (Wildman–Crippen LogP) is 4.22. The number of halogens is 1. The van der Waals surface area contributed by atoms with Crippen LogP contribution in [0.15, 0.2) is 47.1 Å². The molecule has 1 atom stereocenters. The van der Waals surface area contributed by atoms with Crippen LogP contribution in [0.25, 0.3) is 0 Å². The summed E-state index contributed by atoms with van der Waals surface area (Å²) in [7, 11) is -3.17. The van der Waals surface area contributed by atoms with Gasteiger partial charge in [-0.2, -0.15) is 0 Å². The summed E-state index contributed by atoms with van der Waals surface area (Å²) < 4.78 is 36.0. The minimum absolute atomic E-state index is 0.0531. The van der Waals surface area contributed by atoms with Gasteiger partial charge in [-0.3, -0.25) is 4.79 Å². The number of aliphatic imine (C=N–C) groups is 1. The molecule has 2 rings (SSSR count). The molecule has 0 unspecified atom stereocenters. The van der Waals surface area contributed by atoms with Crippen molar-refractivity contribution in [3.05, 3.63) is 64.7 Å². The number of nitrogens with zero attached hydrogens (tertiary/aromatic N) is 3. The molecule has 6 nitrogen and oxygen atoms in total. The third-order valence-electron chi connectivity index (χ3n) is 4.34. The molecule has 0 bridgehead atoms. The van der Waals surface area contributed by atoms with Gasteiger partial charge in [-0.1, -0.05) is 25.1 Å². The van der Waals surface area contributed by atoms with E-state index in [0.29, 0.717) is 29.1 Å². The molecule has 29 heavy (non-hydrogen) atoms. The maximum Gasteiger partial charge on any atom is 0.182 e. The fourth-order valence-electron chi connectivity index (χ4n) is 2.61. The van der Waals surface area contributed by atoms with Crippen LogP contribution in [0.3, 0.4) is 0 Å². The van der Waals surface area contributed by atoms with E-state index < -0.39 is 9.84 Å². The van der Waals surface area contributed by atoms with E-state index in [1.807, 2.05) is 6.92 Å². The standard InChI is InChI=1S/C21H24FN3O3S/c1-14(10-11-29(4,27)28)8-9-20(26)19-12-24-21(13-23-19)25-16(3)17-6-5-7-18(22)15(17)2/h5-7,10-14H,8-9H2,1-4H3/b11-10+,25-16?/t14-/m0/s1. The minimum atomic E-state index is -3.17. The van der Waals surface area contributed by atoms with Gasteiger partial charge in [0.25, 0.3) is 0 Å². The smallest absolute Gasteiger partial charge is 0.182 e. The van der Waals surface area contributed by atoms with Crippen LogP contribution in [0, 0.1) is 18.7 Å². The lowest BCUT2D eigenvalue weighted by atomic mass is 10.0. The fourth-order valence-corrected chi connectivity index (χ4v) is 3.17. The zero-order valence-electron chi connectivity index (χ0n) is 16.9. The molecule has 0 saturated heterocycles. The van der Waals surface area contributed by atoms with Gasteiger partial charge in [-0.25, -0.2) is 27.8 Å². The Morgan fingerprint density at radius 2 is 2.00 bits per heavy atom. The zero-order chi connectivity index (χ0) is 21.6. The molecule has 1 aromatic carbocycles. The van der Waals surface area contributed by atoms with Crippen LogP contribution >= 0.6 is 0 Å². The van der Waals surface area contributed by atoms with Gasteiger partial charge in [0.15, 0.2) is 21.4 Å². The SMILES string of the molecule is CC(=Nc1cnc(C(=O)CC[C@H](C)/C=C/S(C)(=O)=O)cn1)c1cccc(F)c1C. The second-order valence-electron chi connectivity index (χ2n) is 6.97. The number of benzene rings is 1. The molecule has 154 valence electrons. The van der Waals surface area contributed by atoms with Crippen molar-refractivity contribution in [3.63, 3.8) is 0 Å². The molecule has 0 aliphatic heterocycles. The molecule has 0 radical (unpaired) electrons. The average Bonchev–Trinajstić information content (AvgIpc) is 2.66. The van der Waals surface area contributed by atoms with Crippen molar-refractivity contribution in [2.75, 3.05) is 6.26 Å². The molecule has 0 spiro atoms. The number of allylic oxidation sites excluding steroid dienone is 1. The van der Waals surface area contributed by atoms with E-state index in [4.69, 9.17) is 0 Å². The van der Waals surface area contributed by atoms with E-state index in [-0.39, 0.29) is 29.6 Å². The number of hydrogen-bond acceptors (Lipinski definition) is 6. The van der Waals surface area contributed by atoms with Gasteiger partial charge >= 0.3 is 0 Å². The zero-order valence-corrected chi connectivity index (χ0v) is 17.7. The van der Waals surface area contributed by atoms with Crippen molar-refractivity contribution in [1.82, 2.24) is 9.97 Å². The highest BCUT2D eigenvalue weighted by Gasteiger charge is 2.11. The Kier molecular flexibility index (Phi) is 7.50. The maximum atomic E-state index is 13.7. The minimum Gasteiger partial charge on any atom is -0.292 e. The Labute approximate surface area is 170 Å². The third-order valence-corrected chi connectivity index (χ3v) is 5.00. The number of Topliss-reactive ketones (excluding diaryl/α,β-unsaturated/α-hetero) is 1. The van der Waals surface area contributed by atoms with E-state index in [9.17, 15) is 17.6 Å². The molecule has 2 aromatic rings. The molecule has 0 fully saturated rings. The third kappa shape index (κ3) is 6.98. The quantitative estimate of drug-likeness (QED) is 0.474. The van der Waals surface area contributed by atoms with Gasteiger partial charge in [0.1, 0.15) is 11.5 Å². The van der Waals surface area contributed by atoms with Crippen molar-refractivity contribution in [2.24, 2.45) is 10.9 Å². The first-order valence-corrected chi connectivity index (χ1v) is 11.1. The molecule has 1 aromatic heterocycles. The van der Waals surface area contributed by atoms with E-state index in [1.54, 1.807) is 32.1 Å². The van der Waals surface area contributed by atoms with Crippen LogP contribution in [-0.4, -0.2) is 36.1 Å². The summed E-state index contributed by atoms with van der Waals surface area (Å²) in [5.41, 5.74) is 2.01. The van der Waals surface area contributed by atoms with Gasteiger partial charge in [-0.05, 0) is 37.8 Å². The van der Waals surface area contributed by atoms with Crippen molar-refractivity contribution < 1.29 is 17.6 Å². The van der Waals surface area contributed by atoms with Crippen molar-refractivity contribution in [2.45, 2.75) is 33.6 Å². The van der Waals surface area contributed by atoms with Crippen LogP contribution in [0.1, 0.15) is 48.3 Å². The maximum absolute atomic E-state index is 13.7. The Morgan fingerprint density at radius 3 is 2.62 bits per heavy atom. The largest absolute Gasteiger partial charge is 0.292 e. The molecular weight excluding hydrogens is 393 g/mol. The first kappa shape index (κ1) is 22.5. The number of sulfone groups is 1. The summed E-state index contributed by atoms with van der Waals surface area (Å²) in [5, 5.41) is 1.15. The fraction of sp³-hybridized carbons (Fsp3) is 0.333. The number of aromatic nitrogens is 2. The van der Waals surface area contributed by atoms with Gasteiger partial charge < -0.3 is 0 Å². The van der Waals surface area contributed by atoms with E-state index >= 15 is 0 Å². The van der Waals surface area contributed by atoms with E-state index in [0.717, 1.165) is 11.7 Å². The molecule has 8 heteroatoms. The highest BCUT2D eigenvalue weighted by atomic mass is 32.2. The van der Waals surface area contributed by atoms with Crippen molar-refractivity contribution in [1.29, 1.82) is 0 Å². The second-order valence-corrected chi connectivity index (χ2v) is 8.90. The summed E-state index contributed by atoms with van der Waals surface area (Å²) in [4.78, 5) is 24.9. The Balaban J connectivity index is 2.03. The molecule has 0 N–H and O–H groups in total. The van der Waals surface area contributed by atoms with Gasteiger partial charge in [0, 0.05) is 29.4 Å². The lowest BCUT2D eigenvalue weighted by Crippen LogP contribution is -2.05. The molecule has 0 saturated carbocycles. The summed E-state index contributed by atoms with van der Waals surface area (Å²) in [6, 6.07) is 4.79. The molecule has 1 heterocycles. The summed E-state index contributed by atoms with van der Waals surface area (Å²) in [5.74, 6) is -0.204. The monoisotopic (exact) mass is 417 g/mol. The number of carbonyl (C=O) groups is 1. The lowest BCUT2D eigenvalue weighted by Gasteiger charge is -2.07. The first-order chi connectivity index (χ1) is 13.6. The van der Waals surface area contributed by atoms with Crippen LogP contribution in [0.5, 0.6) is 0 Å². The number of rotatable bonds is 8. The lowest BCUT2D eigenvalue weighted by molar-refractivity contribution is 0.0971. The number of carbonyl (C=O) groups excluding carboxylic acids is 1. The molecular formula is C21H24FN3O3S. The van der Waals surface area contributed by atoms with E-state index in [2.05, 4.69) is 15.0 Å². The van der Waals surface area contributed by atoms with Gasteiger partial charge in [0.05, 0.1) is 12.4 Å². The van der Waals surface area contributed by atoms with Crippen LogP contribution in [0.4, 0.5) is 10.2 Å². The predicted molar refractivity (Wildman–Crippen MR) is 112 cm³/mol. The van der Waals surface area contributed by atoms with Crippen LogP contribution in [-0.2, 0) is 9.84 Å². The van der Waals surface area contributed by atoms with Crippen molar-refractivity contribution >= 4 is 27.2 Å². The highest BCUT2D eigenvalue weighted by molar-refractivity contribution is 7.93. The van der Waals surface area contributed by atoms with Crippen LogP contribution < -0.4 is 0 Å². The summed E-state index contributed by atoms with van der Waals surface area (Å²) in [6.07, 6.45) is 6.20. The van der Waals surface area contributed by atoms with Gasteiger partial charge in [-0.15, -0.1) is 0 Å². The summed E-state index contributed by atoms with van der Waals surface area (Å²) >= 11 is 0. The van der Waals surface area contributed by atoms with E-state index in [1.165, 1.54) is 18.5 Å². The molecule has 0 aliphatic rings. The first-order valence-electron chi connectivity index (χ1n) is 9.11. The summed E-state index contributed by atoms with van der Waals surface area (Å²) in [6.45, 7) is 5.28. The van der Waals surface area contributed by atoms with Gasteiger partial charge in [0.2, 0.25) is 0 Å². The Hall–Kier alpha value is -2.74. The average molecular weight is 418 g/mol. The Morgan fingerprint density at radius 1 is 1.28 bits per heavy atom. The number of ketones is 1. The van der Waals surface area contributed by atoms with Crippen LogP contribution in [0.2, 0.25) is 0 Å². The Bertz CT molecular complexity index is 1050. The molecule has 0 aliphatic carbocycles. The topological polar surface area (TPSA) is 89.4 Å². The highest BCUT2D eigenvalue weighted by Crippen LogP contribution is 2.17. The van der Waals surface area contributed by atoms with Crippen molar-refractivity contribution in [3.8, 4) is 0 Å². The normalized spacial score (nSPS) is 13.6. The number of hydrogen-bond donors (Lipinski definition) is 0.